The highest BCUT2D eigenvalue weighted by Gasteiger charge is 2.38. The molecule has 2 aliphatic rings. The number of fused-ring (bicyclic) bond motifs is 6. The Morgan fingerprint density at radius 1 is 0.391 bits per heavy atom. The highest BCUT2D eigenvalue weighted by molar-refractivity contribution is 5.89. The first-order chi connectivity index (χ1) is 52.7. The van der Waals surface area contributed by atoms with Gasteiger partial charge >= 0.3 is 35.8 Å². The molecule has 0 aliphatic heterocycles. The fourth-order valence-electron chi connectivity index (χ4n) is 11.5. The summed E-state index contributed by atoms with van der Waals surface area (Å²) in [4.78, 5) is 77.0. The lowest BCUT2D eigenvalue weighted by Crippen LogP contribution is -2.16. The van der Waals surface area contributed by atoms with Crippen molar-refractivity contribution in [2.45, 2.75) is 180 Å². The zero-order valence-corrected chi connectivity index (χ0v) is 66.8. The lowest BCUT2D eigenvalue weighted by Gasteiger charge is -2.23. The summed E-state index contributed by atoms with van der Waals surface area (Å²) in [6, 6.07) is 53.8. The van der Waals surface area contributed by atoms with Crippen molar-refractivity contribution in [1.82, 2.24) is 0 Å². The molecule has 2 aliphatic carbocycles. The van der Waals surface area contributed by atoms with Crippen LogP contribution in [0.15, 0.2) is 231 Å². The Kier molecular flexibility index (Phi) is 35.8. The smallest absolute Gasteiger partial charge is 0.333 e. The lowest BCUT2D eigenvalue weighted by molar-refractivity contribution is -0.268. The van der Waals surface area contributed by atoms with Gasteiger partial charge in [0, 0.05) is 46.0 Å². The molecule has 1 unspecified atom stereocenters. The van der Waals surface area contributed by atoms with E-state index in [4.69, 9.17) is 42.8 Å². The van der Waals surface area contributed by atoms with Crippen molar-refractivity contribution in [3.8, 4) is 39.5 Å². The maximum absolute atomic E-state index is 12.8. The van der Waals surface area contributed by atoms with E-state index < -0.39 is 35.4 Å². The van der Waals surface area contributed by atoms with E-state index in [1.54, 1.807) is 52.2 Å². The molecule has 110 heavy (non-hydrogen) atoms. The second-order valence-corrected chi connectivity index (χ2v) is 26.3. The Morgan fingerprint density at radius 3 is 1.04 bits per heavy atom. The van der Waals surface area contributed by atoms with Crippen molar-refractivity contribution in [3.63, 3.8) is 0 Å². The summed E-state index contributed by atoms with van der Waals surface area (Å²) in [6.45, 7) is 46.0. The summed E-state index contributed by atoms with van der Waals surface area (Å²) >= 11 is 0. The number of hydrogen-bond acceptors (Lipinski definition) is 16. The maximum atomic E-state index is 12.8. The number of benzene rings is 8. The van der Waals surface area contributed by atoms with Crippen LogP contribution in [0.25, 0.3) is 34.4 Å². The number of ether oxygens (including phenoxy) is 8. The fraction of sp³-hybridized carbons (Fsp3) is 0.298. The first-order valence-corrected chi connectivity index (χ1v) is 37.3. The van der Waals surface area contributed by atoms with Crippen LogP contribution in [0.3, 0.4) is 0 Å². The molecule has 0 radical (unpaired) electrons. The van der Waals surface area contributed by atoms with Gasteiger partial charge in [-0.3, -0.25) is 14.8 Å². The van der Waals surface area contributed by atoms with E-state index in [0.29, 0.717) is 52.4 Å². The van der Waals surface area contributed by atoms with Crippen molar-refractivity contribution >= 4 is 48.0 Å². The Balaban J connectivity index is 0.000000361. The predicted octanol–water partition coefficient (Wildman–Crippen LogP) is 21.9. The third-order valence-electron chi connectivity index (χ3n) is 17.4. The first kappa shape index (κ1) is 89.2. The lowest BCUT2D eigenvalue weighted by atomic mass is 9.81. The number of hydrogen-bond donors (Lipinski definition) is 1. The van der Waals surface area contributed by atoms with Gasteiger partial charge in [0.1, 0.15) is 49.8 Å². The van der Waals surface area contributed by atoms with Gasteiger partial charge in [0.2, 0.25) is 6.79 Å². The van der Waals surface area contributed by atoms with E-state index in [0.717, 1.165) is 94.6 Å². The zero-order chi connectivity index (χ0) is 81.3. The Hall–Kier alpha value is -11.5. The van der Waals surface area contributed by atoms with Crippen LogP contribution in [-0.2, 0) is 107 Å². The minimum absolute atomic E-state index is 0.0365. The van der Waals surface area contributed by atoms with E-state index >= 15 is 0 Å². The van der Waals surface area contributed by atoms with E-state index in [2.05, 4.69) is 72.2 Å². The summed E-state index contributed by atoms with van der Waals surface area (Å²) in [7, 11) is 0. The van der Waals surface area contributed by atoms with Crippen molar-refractivity contribution in [2.75, 3.05) is 6.79 Å². The molecule has 580 valence electrons. The van der Waals surface area contributed by atoms with Crippen LogP contribution in [0.4, 0.5) is 0 Å². The molecule has 0 heterocycles. The minimum Gasteiger partial charge on any atom is -0.465 e. The van der Waals surface area contributed by atoms with Gasteiger partial charge in [-0.05, 0) is 184 Å². The largest absolute Gasteiger partial charge is 0.465 e. The molecule has 0 amide bonds. The quantitative estimate of drug-likeness (QED) is 0.00532. The van der Waals surface area contributed by atoms with Crippen LogP contribution >= 0.6 is 0 Å². The predicted molar refractivity (Wildman–Crippen MR) is 437 cm³/mol. The average Bonchev–Trinajstić information content (AvgIpc) is 1.59. The number of carbonyl (C=O) groups is 6. The highest BCUT2D eigenvalue weighted by Crippen LogP contribution is 2.52. The standard InChI is InChI=1S/2C43H42O8.4C2H6/c1-27(2)41(46)48-25-31-11-7-29(8-12-31)15-21-39(44)50-33-17-19-35-36-20-18-34(24-38(36)43(5,6)37(35)23-33)51-40(45)22-16-30-9-13-32(14-10-30)26-49-42(47)28(3)4;1-28(2)41(44)48-25-32-11-7-30(8-12-32)15-20-40(51-46)34-16-18-36-37-19-17-35(24-39(37)43(5,6)38(36)23-34)50-27-47-22-21-31-9-13-33(14-10-31)26-49-42(45)29(3)4;4*1-2/h7-14,17-20,23-24H,1,3,15-16,21-22,25-26H2,2,4-6H3;7-24,40,46H,1,3,25-27H2,2,4-6H3;4*1-2H3. The average molecular weight is 1490 g/mol. The molecule has 0 fully saturated rings. The fourth-order valence-corrected chi connectivity index (χ4v) is 11.5. The Labute approximate surface area is 650 Å². The van der Waals surface area contributed by atoms with Crippen molar-refractivity contribution in [2.24, 2.45) is 0 Å². The van der Waals surface area contributed by atoms with Crippen LogP contribution in [-0.4, -0.2) is 47.9 Å². The van der Waals surface area contributed by atoms with Gasteiger partial charge in [-0.15, -0.1) is 0 Å². The maximum Gasteiger partial charge on any atom is 0.333 e. The number of rotatable bonds is 29. The third-order valence-corrected chi connectivity index (χ3v) is 17.4. The van der Waals surface area contributed by atoms with E-state index in [9.17, 15) is 34.0 Å². The summed E-state index contributed by atoms with van der Waals surface area (Å²) in [6.07, 6.45) is 7.83. The van der Waals surface area contributed by atoms with Crippen LogP contribution in [0, 0.1) is 0 Å². The molecular formula is C94H108O16. The third kappa shape index (κ3) is 25.6. The summed E-state index contributed by atoms with van der Waals surface area (Å²) in [5, 5.41) is 9.85. The van der Waals surface area contributed by atoms with Crippen molar-refractivity contribution < 1.29 is 76.8 Å². The van der Waals surface area contributed by atoms with Crippen molar-refractivity contribution in [3.05, 3.63) is 303 Å². The molecule has 0 bridgehead atoms. The molecule has 1 atom stereocenters. The Morgan fingerprint density at radius 2 is 0.691 bits per heavy atom. The molecule has 10 rings (SSSR count). The van der Waals surface area contributed by atoms with Crippen LogP contribution < -0.4 is 14.2 Å². The van der Waals surface area contributed by atoms with Gasteiger partial charge in [-0.2, -0.15) is 0 Å². The zero-order valence-electron chi connectivity index (χ0n) is 66.8. The SMILES string of the molecule is C=C(C)C(=O)OCc1ccc(C=COCOc2ccc3c(c2)C(C)(C)c2cc(C(C=Cc4ccc(COC(=O)C(=C)C)cc4)OO)ccc2-3)cc1.C=C(C)C(=O)OCc1ccc(CCC(=O)Oc2ccc3c(c2)C(C)(C)c2cc(OC(=O)CCc4ccc(COC(=O)C(=C)C)cc4)ccc2-3)cc1.CC.CC.CC.CC. The number of carbonyl (C=O) groups excluding carboxylic acids is 6. The van der Waals surface area contributed by atoms with Crippen LogP contribution in [0.1, 0.15) is 202 Å². The molecule has 16 heteroatoms. The van der Waals surface area contributed by atoms with Crippen LogP contribution in [0.2, 0.25) is 0 Å². The number of aryl methyl sites for hydroxylation is 2. The number of esters is 6. The summed E-state index contributed by atoms with van der Waals surface area (Å²) in [5.74, 6) is -0.725. The Bertz CT molecular complexity index is 4390. The van der Waals surface area contributed by atoms with Gasteiger partial charge in [-0.25, -0.2) is 24.1 Å². The molecule has 0 spiro atoms. The van der Waals surface area contributed by atoms with Gasteiger partial charge < -0.3 is 37.9 Å². The minimum atomic E-state index is -0.681. The van der Waals surface area contributed by atoms with E-state index in [-0.39, 0.29) is 63.4 Å². The summed E-state index contributed by atoms with van der Waals surface area (Å²) < 4.78 is 43.8. The molecule has 1 N–H and O–H groups in total. The van der Waals surface area contributed by atoms with Gasteiger partial charge in [-0.1, -0.05) is 249 Å². The normalized spacial score (nSPS) is 12.1. The molecule has 0 saturated carbocycles. The molecule has 0 aromatic heterocycles. The van der Waals surface area contributed by atoms with E-state index in [1.807, 2.05) is 207 Å². The van der Waals surface area contributed by atoms with E-state index in [1.165, 1.54) is 0 Å². The van der Waals surface area contributed by atoms with Crippen LogP contribution in [0.5, 0.6) is 17.2 Å². The van der Waals surface area contributed by atoms with Gasteiger partial charge in [0.05, 0.1) is 6.26 Å². The molecular weight excluding hydrogens is 1390 g/mol. The molecule has 16 nitrogen and oxygen atoms in total. The van der Waals surface area contributed by atoms with Gasteiger partial charge in [0.25, 0.3) is 0 Å². The topological polar surface area (TPSA) is 206 Å². The molecule has 8 aromatic carbocycles. The second kappa shape index (κ2) is 44.1. The monoisotopic (exact) mass is 1490 g/mol. The van der Waals surface area contributed by atoms with Crippen molar-refractivity contribution in [1.29, 1.82) is 0 Å². The first-order valence-electron chi connectivity index (χ1n) is 37.3. The molecule has 0 saturated heterocycles. The summed E-state index contributed by atoms with van der Waals surface area (Å²) in [5.41, 5.74) is 17.3. The second-order valence-electron chi connectivity index (χ2n) is 26.3. The molecule has 8 aromatic rings. The highest BCUT2D eigenvalue weighted by atomic mass is 17.1. The van der Waals surface area contributed by atoms with Gasteiger partial charge in [0.15, 0.2) is 0 Å².